The van der Waals surface area contributed by atoms with Crippen molar-refractivity contribution in [3.8, 4) is 0 Å². The Labute approximate surface area is 92.6 Å². The van der Waals surface area contributed by atoms with Gasteiger partial charge in [-0.15, -0.1) is 0 Å². The number of Topliss-reactive ketones (excluding diaryl/α,β-unsaturated/α-hetero) is 1. The van der Waals surface area contributed by atoms with Gasteiger partial charge in [0.2, 0.25) is 0 Å². The summed E-state index contributed by atoms with van der Waals surface area (Å²) in [6.45, 7) is 0. The third-order valence-corrected chi connectivity index (χ3v) is 3.36. The fourth-order valence-electron chi connectivity index (χ4n) is 2.03. The van der Waals surface area contributed by atoms with E-state index in [4.69, 9.17) is 0 Å². The Bertz CT molecular complexity index is 336. The van der Waals surface area contributed by atoms with Gasteiger partial charge in [-0.25, -0.2) is 0 Å². The lowest BCUT2D eigenvalue weighted by Crippen LogP contribution is -2.12. The topological polar surface area (TPSA) is 17.1 Å². The zero-order valence-electron chi connectivity index (χ0n) is 8.00. The van der Waals surface area contributed by atoms with Gasteiger partial charge in [0.25, 0.3) is 0 Å². The highest BCUT2D eigenvalue weighted by molar-refractivity contribution is 9.10. The lowest BCUT2D eigenvalue weighted by Gasteiger charge is -2.21. The molecule has 0 aromatic heterocycles. The van der Waals surface area contributed by atoms with Gasteiger partial charge in [0.1, 0.15) is 5.78 Å². The molecule has 1 fully saturated rings. The predicted molar refractivity (Wildman–Crippen MR) is 60.4 cm³/mol. The van der Waals surface area contributed by atoms with Crippen LogP contribution in [-0.2, 0) is 4.79 Å². The third-order valence-electron chi connectivity index (χ3n) is 2.86. The summed E-state index contributed by atoms with van der Waals surface area (Å²) in [6.07, 6.45) is 3.57. The fourth-order valence-corrected chi connectivity index (χ4v) is 2.45. The molecule has 1 aromatic carbocycles. The summed E-state index contributed by atoms with van der Waals surface area (Å²) >= 11 is 3.47. The van der Waals surface area contributed by atoms with Crippen molar-refractivity contribution in [2.24, 2.45) is 0 Å². The molecule has 0 aliphatic heterocycles. The number of carbonyl (C=O) groups excluding carboxylic acids is 1. The molecule has 14 heavy (non-hydrogen) atoms. The molecule has 1 aromatic rings. The lowest BCUT2D eigenvalue weighted by molar-refractivity contribution is -0.120. The highest BCUT2D eigenvalue weighted by atomic mass is 79.9. The second kappa shape index (κ2) is 4.26. The van der Waals surface area contributed by atoms with Crippen molar-refractivity contribution in [1.29, 1.82) is 0 Å². The van der Waals surface area contributed by atoms with Crippen molar-refractivity contribution < 1.29 is 4.79 Å². The van der Waals surface area contributed by atoms with E-state index in [0.717, 1.165) is 30.2 Å². The number of halogens is 1. The zero-order valence-corrected chi connectivity index (χ0v) is 9.59. The van der Waals surface area contributed by atoms with Crippen LogP contribution in [0.25, 0.3) is 0 Å². The number of carbonyl (C=O) groups is 1. The van der Waals surface area contributed by atoms with Gasteiger partial charge < -0.3 is 0 Å². The molecule has 2 rings (SSSR count). The van der Waals surface area contributed by atoms with Gasteiger partial charge in [-0.05, 0) is 36.5 Å². The van der Waals surface area contributed by atoms with E-state index in [1.54, 1.807) is 0 Å². The number of hydrogen-bond donors (Lipinski definition) is 0. The molecule has 74 valence electrons. The van der Waals surface area contributed by atoms with Gasteiger partial charge in [-0.1, -0.05) is 28.1 Å². The van der Waals surface area contributed by atoms with Crippen LogP contribution in [0.15, 0.2) is 28.7 Å². The summed E-state index contributed by atoms with van der Waals surface area (Å²) in [5.74, 6) is 1.02. The molecule has 0 N–H and O–H groups in total. The van der Waals surface area contributed by atoms with Crippen LogP contribution in [0.2, 0.25) is 0 Å². The first-order valence-corrected chi connectivity index (χ1v) is 5.82. The van der Waals surface area contributed by atoms with Crippen LogP contribution in [0.5, 0.6) is 0 Å². The zero-order chi connectivity index (χ0) is 9.97. The maximum Gasteiger partial charge on any atom is 0.132 e. The van der Waals surface area contributed by atoms with Crippen LogP contribution in [0, 0.1) is 0 Å². The van der Waals surface area contributed by atoms with Crippen molar-refractivity contribution in [2.75, 3.05) is 0 Å². The second-order valence-corrected chi connectivity index (χ2v) is 4.78. The molecule has 0 bridgehead atoms. The molecule has 1 aliphatic carbocycles. The molecular formula is C12H13BrO. The van der Waals surface area contributed by atoms with Gasteiger partial charge in [-0.2, -0.15) is 0 Å². The molecule has 2 heteroatoms. The van der Waals surface area contributed by atoms with E-state index in [2.05, 4.69) is 34.1 Å². The lowest BCUT2D eigenvalue weighted by atomic mass is 9.83. The molecule has 0 radical (unpaired) electrons. The minimum absolute atomic E-state index is 0.427. The van der Waals surface area contributed by atoms with Gasteiger partial charge in [0, 0.05) is 17.3 Å². The summed E-state index contributed by atoms with van der Waals surface area (Å²) in [7, 11) is 0. The summed E-state index contributed by atoms with van der Waals surface area (Å²) in [5.41, 5.74) is 1.37. The van der Waals surface area contributed by atoms with Crippen LogP contribution < -0.4 is 0 Å². The van der Waals surface area contributed by atoms with E-state index in [1.165, 1.54) is 5.56 Å². The van der Waals surface area contributed by atoms with Gasteiger partial charge in [0.15, 0.2) is 0 Å². The van der Waals surface area contributed by atoms with E-state index in [-0.39, 0.29) is 0 Å². The van der Waals surface area contributed by atoms with Gasteiger partial charge >= 0.3 is 0 Å². The standard InChI is InChI=1S/C12H13BrO/c13-11-3-1-2-10(8-11)9-4-6-12(14)7-5-9/h1-3,8-9H,4-7H2. The maximum atomic E-state index is 11.1. The first-order valence-electron chi connectivity index (χ1n) is 5.03. The molecule has 1 nitrogen and oxygen atoms in total. The molecule has 0 amide bonds. The van der Waals surface area contributed by atoms with E-state index in [0.29, 0.717) is 11.7 Å². The van der Waals surface area contributed by atoms with Crippen LogP contribution in [0.3, 0.4) is 0 Å². The van der Waals surface area contributed by atoms with Crippen molar-refractivity contribution >= 4 is 21.7 Å². The predicted octanol–water partition coefficient (Wildman–Crippen LogP) is 3.68. The molecule has 0 heterocycles. The Hall–Kier alpha value is -0.630. The van der Waals surface area contributed by atoms with Crippen molar-refractivity contribution in [3.63, 3.8) is 0 Å². The number of ketones is 1. The minimum Gasteiger partial charge on any atom is -0.300 e. The molecule has 0 spiro atoms. The molecule has 0 atom stereocenters. The monoisotopic (exact) mass is 252 g/mol. The van der Waals surface area contributed by atoms with Gasteiger partial charge in [0.05, 0.1) is 0 Å². The van der Waals surface area contributed by atoms with E-state index < -0.39 is 0 Å². The summed E-state index contributed by atoms with van der Waals surface area (Å²) in [6, 6.07) is 8.43. The Balaban J connectivity index is 2.12. The highest BCUT2D eigenvalue weighted by Gasteiger charge is 2.19. The summed E-state index contributed by atoms with van der Waals surface area (Å²) < 4.78 is 1.13. The van der Waals surface area contributed by atoms with E-state index in [9.17, 15) is 4.79 Å². The average molecular weight is 253 g/mol. The molecule has 0 saturated heterocycles. The number of benzene rings is 1. The molecule has 1 saturated carbocycles. The first-order chi connectivity index (χ1) is 6.75. The Morgan fingerprint density at radius 2 is 1.93 bits per heavy atom. The highest BCUT2D eigenvalue weighted by Crippen LogP contribution is 2.32. The maximum absolute atomic E-state index is 11.1. The number of rotatable bonds is 1. The van der Waals surface area contributed by atoms with E-state index in [1.807, 2.05) is 6.07 Å². The largest absolute Gasteiger partial charge is 0.300 e. The minimum atomic E-state index is 0.427. The Morgan fingerprint density at radius 1 is 1.21 bits per heavy atom. The summed E-state index contributed by atoms with van der Waals surface area (Å²) in [5, 5.41) is 0. The normalized spacial score (nSPS) is 18.5. The Morgan fingerprint density at radius 3 is 2.57 bits per heavy atom. The average Bonchev–Trinajstić information content (AvgIpc) is 2.19. The van der Waals surface area contributed by atoms with Crippen LogP contribution in [0.1, 0.15) is 37.2 Å². The van der Waals surface area contributed by atoms with Crippen LogP contribution in [-0.4, -0.2) is 5.78 Å². The van der Waals surface area contributed by atoms with Crippen LogP contribution in [0.4, 0.5) is 0 Å². The molecule has 0 unspecified atom stereocenters. The molecule has 1 aliphatic rings. The first kappa shape index (κ1) is 9.91. The van der Waals surface area contributed by atoms with E-state index >= 15 is 0 Å². The summed E-state index contributed by atoms with van der Waals surface area (Å²) in [4.78, 5) is 11.1. The van der Waals surface area contributed by atoms with Crippen molar-refractivity contribution in [3.05, 3.63) is 34.3 Å². The second-order valence-electron chi connectivity index (χ2n) is 3.87. The van der Waals surface area contributed by atoms with Gasteiger partial charge in [-0.3, -0.25) is 4.79 Å². The van der Waals surface area contributed by atoms with Crippen molar-refractivity contribution in [1.82, 2.24) is 0 Å². The number of hydrogen-bond acceptors (Lipinski definition) is 1. The molecular weight excluding hydrogens is 240 g/mol. The Kier molecular flexibility index (Phi) is 3.02. The van der Waals surface area contributed by atoms with Crippen LogP contribution >= 0.6 is 15.9 Å². The SMILES string of the molecule is O=C1CCC(c2cccc(Br)c2)CC1. The fraction of sp³-hybridized carbons (Fsp3) is 0.417. The van der Waals surface area contributed by atoms with Crippen molar-refractivity contribution in [2.45, 2.75) is 31.6 Å². The smallest absolute Gasteiger partial charge is 0.132 e. The quantitative estimate of drug-likeness (QED) is 0.746. The third kappa shape index (κ3) is 2.24.